The number of aliphatic imine (C=N–C) groups is 2. The summed E-state index contributed by atoms with van der Waals surface area (Å²) in [5.74, 6) is 3.86. The zero-order valence-corrected chi connectivity index (χ0v) is 14.6. The molecule has 1 saturated carbocycles. The second-order valence-electron chi connectivity index (χ2n) is 8.09. The highest BCUT2D eigenvalue weighted by molar-refractivity contribution is 5.87. The molecule has 3 heteroatoms. The molecule has 2 unspecified atom stereocenters. The van der Waals surface area contributed by atoms with Crippen molar-refractivity contribution < 1.29 is 0 Å². The number of fused-ring (bicyclic) bond motifs is 1. The molecule has 0 radical (unpaired) electrons. The Kier molecular flexibility index (Phi) is 4.54. The Bertz CT molecular complexity index is 503. The first-order chi connectivity index (χ1) is 11.3. The van der Waals surface area contributed by atoms with Gasteiger partial charge in [-0.2, -0.15) is 0 Å². The summed E-state index contributed by atoms with van der Waals surface area (Å²) in [6.45, 7) is 4.60. The Labute approximate surface area is 141 Å². The third-order valence-electron chi connectivity index (χ3n) is 6.46. The Balaban J connectivity index is 1.32. The SMILES string of the molecule is CC1=CC2CC(N3CCC(C4CCCCCC4)CC3)=NC2N=C1. The molecule has 3 aliphatic heterocycles. The van der Waals surface area contributed by atoms with Gasteiger partial charge in [-0.1, -0.05) is 44.6 Å². The maximum absolute atomic E-state index is 4.92. The van der Waals surface area contributed by atoms with E-state index in [1.165, 1.54) is 75.9 Å². The summed E-state index contributed by atoms with van der Waals surface area (Å²) in [7, 11) is 0. The van der Waals surface area contributed by atoms with Crippen LogP contribution in [0.3, 0.4) is 0 Å². The van der Waals surface area contributed by atoms with Gasteiger partial charge in [0.1, 0.15) is 12.0 Å². The molecular formula is C20H31N3. The van der Waals surface area contributed by atoms with Gasteiger partial charge in [-0.05, 0) is 37.2 Å². The van der Waals surface area contributed by atoms with Crippen LogP contribution in [0.25, 0.3) is 0 Å². The molecule has 0 spiro atoms. The van der Waals surface area contributed by atoms with Crippen LogP contribution in [0.5, 0.6) is 0 Å². The standard InChI is InChI=1S/C20H31N3/c1-15-12-18-13-19(22-20(18)21-14-15)23-10-8-17(9-11-23)16-6-4-2-3-5-7-16/h12,14,16-18,20H,2-11,13H2,1H3. The maximum atomic E-state index is 4.92. The van der Waals surface area contributed by atoms with Gasteiger partial charge in [0.2, 0.25) is 0 Å². The minimum absolute atomic E-state index is 0.174. The van der Waals surface area contributed by atoms with E-state index < -0.39 is 0 Å². The van der Waals surface area contributed by atoms with Crippen LogP contribution in [-0.4, -0.2) is 36.2 Å². The molecule has 4 aliphatic rings. The quantitative estimate of drug-likeness (QED) is 0.658. The van der Waals surface area contributed by atoms with E-state index in [1.807, 2.05) is 6.21 Å². The first-order valence-electron chi connectivity index (χ1n) is 9.83. The Morgan fingerprint density at radius 1 is 0.957 bits per heavy atom. The normalized spacial score (nSPS) is 33.2. The van der Waals surface area contributed by atoms with Crippen LogP contribution in [-0.2, 0) is 0 Å². The first-order valence-corrected chi connectivity index (χ1v) is 9.83. The van der Waals surface area contributed by atoms with Crippen molar-refractivity contribution in [3.8, 4) is 0 Å². The average Bonchev–Trinajstić information content (AvgIpc) is 2.80. The van der Waals surface area contributed by atoms with Crippen molar-refractivity contribution in [2.75, 3.05) is 13.1 Å². The molecule has 3 heterocycles. The van der Waals surface area contributed by atoms with Gasteiger partial charge >= 0.3 is 0 Å². The van der Waals surface area contributed by atoms with E-state index in [9.17, 15) is 0 Å². The van der Waals surface area contributed by atoms with Crippen molar-refractivity contribution in [1.29, 1.82) is 0 Å². The van der Waals surface area contributed by atoms with Crippen molar-refractivity contribution in [1.82, 2.24) is 4.90 Å². The fraction of sp³-hybridized carbons (Fsp3) is 0.800. The van der Waals surface area contributed by atoms with Crippen LogP contribution in [0.15, 0.2) is 21.6 Å². The number of rotatable bonds is 1. The fourth-order valence-electron chi connectivity index (χ4n) is 5.10. The van der Waals surface area contributed by atoms with Crippen molar-refractivity contribution in [3.05, 3.63) is 11.6 Å². The molecule has 0 aromatic rings. The summed E-state index contributed by atoms with van der Waals surface area (Å²) in [4.78, 5) is 12.1. The predicted molar refractivity (Wildman–Crippen MR) is 97.1 cm³/mol. The highest BCUT2D eigenvalue weighted by Crippen LogP contribution is 2.36. The highest BCUT2D eigenvalue weighted by atomic mass is 15.2. The number of nitrogens with zero attached hydrogens (tertiary/aromatic N) is 3. The van der Waals surface area contributed by atoms with Gasteiger partial charge < -0.3 is 4.90 Å². The molecule has 3 nitrogen and oxygen atoms in total. The predicted octanol–water partition coefficient (Wildman–Crippen LogP) is 4.44. The second-order valence-corrected chi connectivity index (χ2v) is 8.09. The molecule has 4 rings (SSSR count). The molecule has 0 bridgehead atoms. The van der Waals surface area contributed by atoms with Gasteiger partial charge in [0.25, 0.3) is 0 Å². The number of hydrogen-bond acceptors (Lipinski definition) is 3. The molecular weight excluding hydrogens is 282 g/mol. The Hall–Kier alpha value is -1.12. The van der Waals surface area contributed by atoms with E-state index >= 15 is 0 Å². The van der Waals surface area contributed by atoms with Gasteiger partial charge in [0.15, 0.2) is 0 Å². The lowest BCUT2D eigenvalue weighted by atomic mass is 9.80. The monoisotopic (exact) mass is 313 g/mol. The molecule has 0 aromatic heterocycles. The lowest BCUT2D eigenvalue weighted by molar-refractivity contribution is 0.185. The summed E-state index contributed by atoms with van der Waals surface area (Å²) >= 11 is 0. The molecule has 0 amide bonds. The van der Waals surface area contributed by atoms with Gasteiger partial charge in [-0.25, -0.2) is 4.99 Å². The number of likely N-dealkylation sites (tertiary alicyclic amines) is 1. The summed E-state index contributed by atoms with van der Waals surface area (Å²) < 4.78 is 0. The summed E-state index contributed by atoms with van der Waals surface area (Å²) in [6.07, 6.45) is 17.3. The zero-order valence-electron chi connectivity index (χ0n) is 14.6. The smallest absolute Gasteiger partial charge is 0.148 e. The largest absolute Gasteiger partial charge is 0.360 e. The molecule has 0 N–H and O–H groups in total. The summed E-state index contributed by atoms with van der Waals surface area (Å²) in [5.41, 5.74) is 1.30. The number of hydrogen-bond donors (Lipinski definition) is 0. The first kappa shape index (κ1) is 15.4. The summed E-state index contributed by atoms with van der Waals surface area (Å²) in [5, 5.41) is 0. The number of amidine groups is 1. The molecule has 2 atom stereocenters. The van der Waals surface area contributed by atoms with Gasteiger partial charge in [0.05, 0.1) is 0 Å². The third-order valence-corrected chi connectivity index (χ3v) is 6.46. The number of piperidine rings is 1. The zero-order chi connectivity index (χ0) is 15.6. The van der Waals surface area contributed by atoms with Crippen LogP contribution in [0.2, 0.25) is 0 Å². The van der Waals surface area contributed by atoms with Crippen molar-refractivity contribution >= 4 is 12.1 Å². The number of allylic oxidation sites excluding steroid dienone is 1. The molecule has 2 fully saturated rings. The minimum atomic E-state index is 0.174. The van der Waals surface area contributed by atoms with Crippen LogP contribution in [0, 0.1) is 17.8 Å². The van der Waals surface area contributed by atoms with E-state index in [0.717, 1.165) is 18.3 Å². The van der Waals surface area contributed by atoms with E-state index in [1.54, 1.807) is 0 Å². The molecule has 1 saturated heterocycles. The van der Waals surface area contributed by atoms with Crippen molar-refractivity contribution in [3.63, 3.8) is 0 Å². The second kappa shape index (κ2) is 6.78. The van der Waals surface area contributed by atoms with Crippen molar-refractivity contribution in [2.24, 2.45) is 27.7 Å². The van der Waals surface area contributed by atoms with E-state index in [-0.39, 0.29) is 6.17 Å². The lowest BCUT2D eigenvalue weighted by Gasteiger charge is -2.37. The molecule has 1 aliphatic carbocycles. The minimum Gasteiger partial charge on any atom is -0.360 e. The fourth-order valence-corrected chi connectivity index (χ4v) is 5.10. The Morgan fingerprint density at radius 2 is 1.65 bits per heavy atom. The van der Waals surface area contributed by atoms with Crippen LogP contribution < -0.4 is 0 Å². The number of dihydropyridines is 1. The third kappa shape index (κ3) is 3.39. The maximum Gasteiger partial charge on any atom is 0.148 e. The Morgan fingerprint density at radius 3 is 2.39 bits per heavy atom. The van der Waals surface area contributed by atoms with Crippen molar-refractivity contribution in [2.45, 2.75) is 70.9 Å². The van der Waals surface area contributed by atoms with Crippen LogP contribution >= 0.6 is 0 Å². The van der Waals surface area contributed by atoms with Gasteiger partial charge in [-0.3, -0.25) is 4.99 Å². The lowest BCUT2D eigenvalue weighted by Crippen LogP contribution is -2.39. The summed E-state index contributed by atoms with van der Waals surface area (Å²) in [6, 6.07) is 0. The van der Waals surface area contributed by atoms with Gasteiger partial charge in [0, 0.05) is 31.6 Å². The molecule has 23 heavy (non-hydrogen) atoms. The van der Waals surface area contributed by atoms with Crippen LogP contribution in [0.1, 0.15) is 64.7 Å². The average molecular weight is 313 g/mol. The van der Waals surface area contributed by atoms with E-state index in [4.69, 9.17) is 4.99 Å². The van der Waals surface area contributed by atoms with Crippen LogP contribution in [0.4, 0.5) is 0 Å². The van der Waals surface area contributed by atoms with Gasteiger partial charge in [-0.15, -0.1) is 0 Å². The van der Waals surface area contributed by atoms with E-state index in [2.05, 4.69) is 22.9 Å². The van der Waals surface area contributed by atoms with E-state index in [0.29, 0.717) is 5.92 Å². The highest BCUT2D eigenvalue weighted by Gasteiger charge is 2.34. The molecule has 126 valence electrons. The molecule has 0 aromatic carbocycles. The topological polar surface area (TPSA) is 28.0 Å².